The lowest BCUT2D eigenvalue weighted by Gasteiger charge is -2.22. The maximum absolute atomic E-state index is 3.98. The molecule has 0 saturated carbocycles. The van der Waals surface area contributed by atoms with E-state index in [-0.39, 0.29) is 10.8 Å². The summed E-state index contributed by atoms with van der Waals surface area (Å²) in [4.78, 5) is 0. The predicted octanol–water partition coefficient (Wildman–Crippen LogP) is 12.7. The van der Waals surface area contributed by atoms with Crippen molar-refractivity contribution in [1.82, 2.24) is 0 Å². The van der Waals surface area contributed by atoms with E-state index in [2.05, 4.69) is 167 Å². The van der Waals surface area contributed by atoms with Gasteiger partial charge in [-0.2, -0.15) is 0 Å². The van der Waals surface area contributed by atoms with Gasteiger partial charge < -0.3 is 0 Å². The van der Waals surface area contributed by atoms with E-state index < -0.39 is 0 Å². The van der Waals surface area contributed by atoms with E-state index in [1.165, 1.54) is 72.3 Å². The van der Waals surface area contributed by atoms with E-state index in [4.69, 9.17) is 0 Å². The summed E-state index contributed by atoms with van der Waals surface area (Å²) >= 11 is 0. The highest BCUT2D eigenvalue weighted by molar-refractivity contribution is 5.87. The minimum atomic E-state index is 0.0674. The zero-order valence-electron chi connectivity index (χ0n) is 29.4. The molecule has 0 amide bonds. The van der Waals surface area contributed by atoms with Crippen LogP contribution in [0.25, 0.3) is 16.7 Å². The van der Waals surface area contributed by atoms with E-state index in [9.17, 15) is 0 Å². The van der Waals surface area contributed by atoms with Gasteiger partial charge in [0.25, 0.3) is 0 Å². The molecule has 2 aliphatic rings. The van der Waals surface area contributed by atoms with E-state index in [0.29, 0.717) is 0 Å². The molecule has 4 aromatic rings. The van der Waals surface area contributed by atoms with Crippen LogP contribution < -0.4 is 0 Å². The van der Waals surface area contributed by atoms with Gasteiger partial charge in [-0.05, 0) is 91.6 Å². The third-order valence-corrected chi connectivity index (χ3v) is 8.92. The second-order valence-electron chi connectivity index (χ2n) is 13.0. The fraction of sp³-hybridized carbons (Fsp3) is 0.318. The van der Waals surface area contributed by atoms with Crippen LogP contribution in [-0.4, -0.2) is 0 Å². The van der Waals surface area contributed by atoms with Crippen molar-refractivity contribution in [2.45, 2.75) is 93.9 Å². The molecule has 0 heteroatoms. The van der Waals surface area contributed by atoms with Gasteiger partial charge in [-0.3, -0.25) is 0 Å². The topological polar surface area (TPSA) is 0 Å². The number of hydrogen-bond donors (Lipinski definition) is 0. The van der Waals surface area contributed by atoms with Gasteiger partial charge in [0.1, 0.15) is 0 Å². The van der Waals surface area contributed by atoms with Crippen LogP contribution in [-0.2, 0) is 10.8 Å². The van der Waals surface area contributed by atoms with Crippen molar-refractivity contribution >= 4 is 5.57 Å². The van der Waals surface area contributed by atoms with Gasteiger partial charge in [-0.25, -0.2) is 0 Å². The third-order valence-electron chi connectivity index (χ3n) is 8.92. The van der Waals surface area contributed by atoms with Crippen LogP contribution in [0.15, 0.2) is 109 Å². The Morgan fingerprint density at radius 3 is 1.55 bits per heavy atom. The summed E-state index contributed by atoms with van der Waals surface area (Å²) in [6, 6.07) is 28.7. The highest BCUT2D eigenvalue weighted by atomic mass is 14.4. The van der Waals surface area contributed by atoms with Gasteiger partial charge in [0.15, 0.2) is 0 Å². The van der Waals surface area contributed by atoms with Crippen molar-refractivity contribution in [3.8, 4) is 11.1 Å². The summed E-state index contributed by atoms with van der Waals surface area (Å²) < 4.78 is 0. The van der Waals surface area contributed by atoms with E-state index >= 15 is 0 Å². The van der Waals surface area contributed by atoms with Crippen molar-refractivity contribution in [3.05, 3.63) is 159 Å². The Labute approximate surface area is 269 Å². The van der Waals surface area contributed by atoms with Gasteiger partial charge in [-0.15, -0.1) is 0 Å². The summed E-state index contributed by atoms with van der Waals surface area (Å²) in [7, 11) is 0. The van der Waals surface area contributed by atoms with Gasteiger partial charge >= 0.3 is 0 Å². The first kappa shape index (κ1) is 34.6. The van der Waals surface area contributed by atoms with Gasteiger partial charge in [-0.1, -0.05) is 167 Å². The van der Waals surface area contributed by atoms with Crippen LogP contribution in [0.5, 0.6) is 0 Å². The van der Waals surface area contributed by atoms with Crippen molar-refractivity contribution in [1.29, 1.82) is 0 Å². The van der Waals surface area contributed by atoms with Gasteiger partial charge in [0.05, 0.1) is 0 Å². The van der Waals surface area contributed by atoms with Crippen LogP contribution in [0.4, 0.5) is 0 Å². The molecular weight excluding hydrogens is 528 g/mol. The van der Waals surface area contributed by atoms with Crippen LogP contribution in [0, 0.1) is 34.6 Å². The summed E-state index contributed by atoms with van der Waals surface area (Å²) in [5.74, 6) is 0. The Bertz CT molecular complexity index is 1650. The van der Waals surface area contributed by atoms with Crippen LogP contribution in [0.3, 0.4) is 0 Å². The summed E-state index contributed by atoms with van der Waals surface area (Å²) in [5.41, 5.74) is 18.2. The number of aryl methyl sites for hydroxylation is 5. The maximum Gasteiger partial charge on any atom is 0.0159 e. The quantitative estimate of drug-likeness (QED) is 0.220. The Balaban J connectivity index is 0.000000186. The van der Waals surface area contributed by atoms with E-state index in [1.54, 1.807) is 0 Å². The average molecular weight is 583 g/mol. The molecule has 2 aliphatic carbocycles. The maximum atomic E-state index is 3.98. The summed E-state index contributed by atoms with van der Waals surface area (Å²) in [6.07, 6.45) is 6.30. The molecule has 0 heterocycles. The molecule has 230 valence electrons. The Kier molecular flexibility index (Phi) is 11.2. The zero-order chi connectivity index (χ0) is 32.8. The molecule has 4 aromatic carbocycles. The predicted molar refractivity (Wildman–Crippen MR) is 197 cm³/mol. The first-order valence-electron chi connectivity index (χ1n) is 16.2. The largest absolute Gasteiger partial charge is 0.0987 e. The second kappa shape index (κ2) is 14.3. The molecule has 0 spiro atoms. The number of benzene rings is 4. The smallest absolute Gasteiger partial charge is 0.0159 e. The fourth-order valence-electron chi connectivity index (χ4n) is 6.47. The van der Waals surface area contributed by atoms with Crippen molar-refractivity contribution in [2.75, 3.05) is 0 Å². The summed E-state index contributed by atoms with van der Waals surface area (Å²) in [6.45, 7) is 30.0. The minimum Gasteiger partial charge on any atom is -0.0987 e. The molecule has 6 rings (SSSR count). The molecule has 0 bridgehead atoms. The molecule has 0 aromatic heterocycles. The standard InChI is InChI=1S/C17H18.C17H20.C8H10.C2H6/c1-11-8-9-13-15(10-11)17(3,4)14-7-5-6-12(2)16(13)14;1-6-8-13-14-10-9-12(3)11-16(14)17(4,5)15(13)7-2;1-7-3-5-8(2)6-4-7;1-2/h5-10H,1-4H3;6-11H,2H2,1,3-5H3;3-6H,1-2H3;1-2H3/b;8-6-;;. The van der Waals surface area contributed by atoms with E-state index in [1.807, 2.05) is 19.9 Å². The molecule has 0 saturated heterocycles. The molecular formula is C44H54. The Morgan fingerprint density at radius 2 is 1.05 bits per heavy atom. The molecule has 0 radical (unpaired) electrons. The minimum absolute atomic E-state index is 0.0674. The van der Waals surface area contributed by atoms with Crippen molar-refractivity contribution in [2.24, 2.45) is 0 Å². The zero-order valence-corrected chi connectivity index (χ0v) is 29.4. The monoisotopic (exact) mass is 582 g/mol. The molecule has 0 atom stereocenters. The van der Waals surface area contributed by atoms with Gasteiger partial charge in [0, 0.05) is 10.8 Å². The average Bonchev–Trinajstić information content (AvgIpc) is 3.35. The van der Waals surface area contributed by atoms with Crippen LogP contribution in [0.2, 0.25) is 0 Å². The SMILES string of the molecule is C=CC1=C(/C=C\C)c2ccc(C)cc2C1(C)C.CC.Cc1ccc(C)cc1.Cc1ccc2c(c1)C(C)(C)c1cccc(C)c1-2. The highest BCUT2D eigenvalue weighted by Gasteiger charge is 2.36. The Morgan fingerprint density at radius 1 is 0.568 bits per heavy atom. The van der Waals surface area contributed by atoms with Crippen molar-refractivity contribution in [3.63, 3.8) is 0 Å². The molecule has 0 nitrogen and oxygen atoms in total. The lowest BCUT2D eigenvalue weighted by Crippen LogP contribution is -2.16. The lowest BCUT2D eigenvalue weighted by atomic mass is 9.81. The number of fused-ring (bicyclic) bond motifs is 4. The van der Waals surface area contributed by atoms with Crippen LogP contribution in [0.1, 0.15) is 98.5 Å². The molecule has 0 N–H and O–H groups in total. The van der Waals surface area contributed by atoms with Gasteiger partial charge in [0.2, 0.25) is 0 Å². The molecule has 0 aliphatic heterocycles. The first-order valence-corrected chi connectivity index (χ1v) is 16.2. The number of hydrogen-bond acceptors (Lipinski definition) is 0. The highest BCUT2D eigenvalue weighted by Crippen LogP contribution is 2.50. The molecule has 0 unspecified atom stereocenters. The van der Waals surface area contributed by atoms with Crippen molar-refractivity contribution < 1.29 is 0 Å². The second-order valence-corrected chi connectivity index (χ2v) is 13.0. The van der Waals surface area contributed by atoms with E-state index in [0.717, 1.165) is 0 Å². The fourth-order valence-corrected chi connectivity index (χ4v) is 6.47. The summed E-state index contributed by atoms with van der Waals surface area (Å²) in [5, 5.41) is 0. The third kappa shape index (κ3) is 6.91. The number of allylic oxidation sites excluding steroid dienone is 5. The molecule has 44 heavy (non-hydrogen) atoms. The molecule has 0 fully saturated rings. The van der Waals surface area contributed by atoms with Crippen LogP contribution >= 0.6 is 0 Å². The normalized spacial score (nSPS) is 14.6. The lowest BCUT2D eigenvalue weighted by molar-refractivity contribution is 0.654. The Hall–Kier alpha value is -3.90. The number of rotatable bonds is 2. The first-order chi connectivity index (χ1) is 20.8.